The van der Waals surface area contributed by atoms with E-state index >= 15 is 0 Å². The molecule has 0 aliphatic rings. The number of carbonyl (C=O) groups is 2. The number of aromatic nitrogens is 3. The van der Waals surface area contributed by atoms with Crippen LogP contribution in [0.5, 0.6) is 0 Å². The van der Waals surface area contributed by atoms with Gasteiger partial charge in [-0.3, -0.25) is 20.0 Å². The second kappa shape index (κ2) is 8.68. The number of pyridine rings is 1. The van der Waals surface area contributed by atoms with E-state index in [1.54, 1.807) is 36.7 Å². The predicted octanol–water partition coefficient (Wildman–Crippen LogP) is 2.70. The third kappa shape index (κ3) is 4.56. The quantitative estimate of drug-likeness (QED) is 0.523. The topological polar surface area (TPSA) is 122 Å². The van der Waals surface area contributed by atoms with Gasteiger partial charge in [0.05, 0.1) is 15.6 Å². The molecule has 0 bridgehead atoms. The lowest BCUT2D eigenvalue weighted by Gasteiger charge is -2.14. The Morgan fingerprint density at radius 3 is 2.64 bits per heavy atom. The Bertz CT molecular complexity index is 996. The van der Waals surface area contributed by atoms with Gasteiger partial charge in [-0.05, 0) is 31.2 Å². The predicted molar refractivity (Wildman–Crippen MR) is 103 cm³/mol. The first-order valence-electron chi connectivity index (χ1n) is 8.00. The van der Waals surface area contributed by atoms with Crippen molar-refractivity contribution in [1.29, 1.82) is 0 Å². The Hall–Kier alpha value is -3.17. The highest BCUT2D eigenvalue weighted by Gasteiger charge is 2.19. The summed E-state index contributed by atoms with van der Waals surface area (Å²) >= 11 is 11.9. The standard InChI is InChI=1S/C17H14Cl2N6O3/c1-9(21-16(27)11-3-2-4-12(18)13(11)19)15(26)23-24-17-22-14(25-28-17)10-5-7-20-8-6-10/h2-9H,1H3,(H,21,27)(H,23,26)(H,22,24,25). The van der Waals surface area contributed by atoms with Crippen LogP contribution < -0.4 is 16.2 Å². The third-order valence-corrected chi connectivity index (χ3v) is 4.41. The molecular weight excluding hydrogens is 407 g/mol. The molecule has 9 nitrogen and oxygen atoms in total. The Kier molecular flexibility index (Phi) is 6.07. The molecule has 0 aliphatic carbocycles. The number of anilines is 1. The van der Waals surface area contributed by atoms with E-state index in [1.807, 2.05) is 0 Å². The maximum Gasteiger partial charge on any atom is 0.340 e. The van der Waals surface area contributed by atoms with Crippen LogP contribution in [0.15, 0.2) is 47.2 Å². The molecule has 0 fully saturated rings. The molecule has 2 aromatic heterocycles. The van der Waals surface area contributed by atoms with Gasteiger partial charge in [0.25, 0.3) is 11.8 Å². The SMILES string of the molecule is CC(NC(=O)c1cccc(Cl)c1Cl)C(=O)NNc1nc(-c2ccncc2)no1. The van der Waals surface area contributed by atoms with E-state index in [0.29, 0.717) is 11.4 Å². The number of nitrogens with one attached hydrogen (secondary N) is 3. The molecule has 144 valence electrons. The smallest absolute Gasteiger partial charge is 0.340 e. The molecule has 0 saturated heterocycles. The molecule has 2 amide bonds. The van der Waals surface area contributed by atoms with Crippen LogP contribution in [0.1, 0.15) is 17.3 Å². The first-order valence-corrected chi connectivity index (χ1v) is 8.76. The van der Waals surface area contributed by atoms with Crippen LogP contribution in [0, 0.1) is 0 Å². The monoisotopic (exact) mass is 420 g/mol. The van der Waals surface area contributed by atoms with Crippen molar-refractivity contribution in [3.05, 3.63) is 58.3 Å². The lowest BCUT2D eigenvalue weighted by molar-refractivity contribution is -0.122. The first kappa shape index (κ1) is 19.6. The molecule has 28 heavy (non-hydrogen) atoms. The fraction of sp³-hybridized carbons (Fsp3) is 0.118. The number of hydrogen-bond donors (Lipinski definition) is 3. The number of rotatable bonds is 6. The zero-order valence-electron chi connectivity index (χ0n) is 14.4. The lowest BCUT2D eigenvalue weighted by atomic mass is 10.2. The fourth-order valence-corrected chi connectivity index (χ4v) is 2.52. The summed E-state index contributed by atoms with van der Waals surface area (Å²) in [5, 5.41) is 6.67. The van der Waals surface area contributed by atoms with Gasteiger partial charge in [0.1, 0.15) is 6.04 Å². The van der Waals surface area contributed by atoms with Gasteiger partial charge < -0.3 is 9.84 Å². The van der Waals surface area contributed by atoms with Crippen molar-refractivity contribution in [2.24, 2.45) is 0 Å². The Morgan fingerprint density at radius 1 is 1.14 bits per heavy atom. The lowest BCUT2D eigenvalue weighted by Crippen LogP contribution is -2.46. The Morgan fingerprint density at radius 2 is 1.89 bits per heavy atom. The van der Waals surface area contributed by atoms with Crippen LogP contribution in [0.3, 0.4) is 0 Å². The van der Waals surface area contributed by atoms with Crippen molar-refractivity contribution in [3.8, 4) is 11.4 Å². The molecule has 0 spiro atoms. The van der Waals surface area contributed by atoms with Crippen molar-refractivity contribution in [3.63, 3.8) is 0 Å². The molecule has 0 aliphatic heterocycles. The molecule has 3 rings (SSSR count). The van der Waals surface area contributed by atoms with Gasteiger partial charge in [-0.25, -0.2) is 5.43 Å². The number of hydrogen-bond acceptors (Lipinski definition) is 7. The van der Waals surface area contributed by atoms with Crippen LogP contribution in [0.2, 0.25) is 10.0 Å². The van der Waals surface area contributed by atoms with Gasteiger partial charge in [-0.15, -0.1) is 0 Å². The van der Waals surface area contributed by atoms with Crippen LogP contribution in [0.4, 0.5) is 6.01 Å². The van der Waals surface area contributed by atoms with Crippen LogP contribution in [0.25, 0.3) is 11.4 Å². The summed E-state index contributed by atoms with van der Waals surface area (Å²) in [5.74, 6) is -0.737. The summed E-state index contributed by atoms with van der Waals surface area (Å²) in [6.45, 7) is 1.50. The molecule has 2 heterocycles. The van der Waals surface area contributed by atoms with Crippen molar-refractivity contribution in [2.45, 2.75) is 13.0 Å². The van der Waals surface area contributed by atoms with Crippen LogP contribution >= 0.6 is 23.2 Å². The van der Waals surface area contributed by atoms with Gasteiger partial charge in [0.15, 0.2) is 0 Å². The first-order chi connectivity index (χ1) is 13.5. The molecule has 11 heteroatoms. The summed E-state index contributed by atoms with van der Waals surface area (Å²) in [5.41, 5.74) is 5.74. The molecule has 1 atom stereocenters. The molecule has 0 saturated carbocycles. The largest absolute Gasteiger partial charge is 0.340 e. The van der Waals surface area contributed by atoms with E-state index in [0.717, 1.165) is 0 Å². The van der Waals surface area contributed by atoms with Crippen molar-refractivity contribution in [1.82, 2.24) is 25.9 Å². The van der Waals surface area contributed by atoms with E-state index in [-0.39, 0.29) is 21.6 Å². The molecule has 1 unspecified atom stereocenters. The summed E-state index contributed by atoms with van der Waals surface area (Å²) in [4.78, 5) is 32.4. The van der Waals surface area contributed by atoms with E-state index < -0.39 is 17.9 Å². The third-order valence-electron chi connectivity index (χ3n) is 3.59. The van der Waals surface area contributed by atoms with E-state index in [2.05, 4.69) is 31.3 Å². The average Bonchev–Trinajstić information content (AvgIpc) is 3.17. The molecular formula is C17H14Cl2N6O3. The highest BCUT2D eigenvalue weighted by molar-refractivity contribution is 6.43. The molecule has 3 aromatic rings. The van der Waals surface area contributed by atoms with Gasteiger partial charge in [0.2, 0.25) is 5.82 Å². The maximum absolute atomic E-state index is 12.3. The molecule has 1 aromatic carbocycles. The number of carbonyl (C=O) groups excluding carboxylic acids is 2. The number of halogens is 2. The minimum Gasteiger partial charge on any atom is -0.340 e. The fourth-order valence-electron chi connectivity index (χ4n) is 2.13. The van der Waals surface area contributed by atoms with Gasteiger partial charge in [-0.2, -0.15) is 4.98 Å². The summed E-state index contributed by atoms with van der Waals surface area (Å²) in [7, 11) is 0. The van der Waals surface area contributed by atoms with Crippen molar-refractivity contribution in [2.75, 3.05) is 5.43 Å². The van der Waals surface area contributed by atoms with Crippen molar-refractivity contribution >= 4 is 41.0 Å². The van der Waals surface area contributed by atoms with Crippen molar-refractivity contribution < 1.29 is 14.1 Å². The summed E-state index contributed by atoms with van der Waals surface area (Å²) < 4.78 is 5.00. The van der Waals surface area contributed by atoms with E-state index in [9.17, 15) is 9.59 Å². The number of hydrazine groups is 1. The van der Waals surface area contributed by atoms with E-state index in [1.165, 1.54) is 13.0 Å². The average molecular weight is 421 g/mol. The van der Waals surface area contributed by atoms with Gasteiger partial charge >= 0.3 is 6.01 Å². The number of nitrogens with zero attached hydrogens (tertiary/aromatic N) is 3. The molecule has 3 N–H and O–H groups in total. The minimum atomic E-state index is -0.877. The highest BCUT2D eigenvalue weighted by atomic mass is 35.5. The van der Waals surface area contributed by atoms with Crippen LogP contribution in [-0.2, 0) is 4.79 Å². The van der Waals surface area contributed by atoms with Gasteiger partial charge in [0, 0.05) is 18.0 Å². The highest BCUT2D eigenvalue weighted by Crippen LogP contribution is 2.25. The zero-order valence-corrected chi connectivity index (χ0v) is 16.0. The van der Waals surface area contributed by atoms with E-state index in [4.69, 9.17) is 27.7 Å². The van der Waals surface area contributed by atoms with Gasteiger partial charge in [-0.1, -0.05) is 34.4 Å². The number of amides is 2. The second-order valence-electron chi connectivity index (χ2n) is 5.57. The summed E-state index contributed by atoms with van der Waals surface area (Å²) in [6.07, 6.45) is 3.19. The normalized spacial score (nSPS) is 11.5. The summed E-state index contributed by atoms with van der Waals surface area (Å²) in [6, 6.07) is 7.19. The second-order valence-corrected chi connectivity index (χ2v) is 6.35. The zero-order chi connectivity index (χ0) is 20.1. The molecule has 0 radical (unpaired) electrons. The number of benzene rings is 1. The van der Waals surface area contributed by atoms with Crippen LogP contribution in [-0.4, -0.2) is 33.0 Å². The Balaban J connectivity index is 1.55. The maximum atomic E-state index is 12.3. The Labute approximate surface area is 169 Å². The minimum absolute atomic E-state index is 0.0171.